The highest BCUT2D eigenvalue weighted by atomic mass is 32.2. The first-order valence-electron chi connectivity index (χ1n) is 12.5. The van der Waals surface area contributed by atoms with Crippen LogP contribution < -0.4 is 15.5 Å². The summed E-state index contributed by atoms with van der Waals surface area (Å²) in [7, 11) is 0. The second-order valence-electron chi connectivity index (χ2n) is 9.57. The van der Waals surface area contributed by atoms with Crippen molar-refractivity contribution in [2.24, 2.45) is 0 Å². The van der Waals surface area contributed by atoms with E-state index in [1.807, 2.05) is 6.07 Å². The van der Waals surface area contributed by atoms with E-state index >= 15 is 0 Å². The number of ether oxygens (including phenoxy) is 1. The summed E-state index contributed by atoms with van der Waals surface area (Å²) in [4.78, 5) is 18.0. The Morgan fingerprint density at radius 1 is 1.14 bits per heavy atom. The van der Waals surface area contributed by atoms with Crippen LogP contribution in [0.4, 0.5) is 11.5 Å². The van der Waals surface area contributed by atoms with Crippen LogP contribution in [0.5, 0.6) is 0 Å². The summed E-state index contributed by atoms with van der Waals surface area (Å²) in [5.41, 5.74) is 4.54. The third-order valence-electron chi connectivity index (χ3n) is 7.35. The van der Waals surface area contributed by atoms with Gasteiger partial charge in [-0.15, -0.1) is 0 Å². The molecule has 36 heavy (non-hydrogen) atoms. The Morgan fingerprint density at radius 3 is 2.61 bits per heavy atom. The maximum Gasteiger partial charge on any atom is 0.174 e. The summed E-state index contributed by atoms with van der Waals surface area (Å²) in [6.45, 7) is 6.33. The molecule has 1 unspecified atom stereocenters. The summed E-state index contributed by atoms with van der Waals surface area (Å²) in [6.07, 6.45) is 5.10. The lowest BCUT2D eigenvalue weighted by atomic mass is 10.1. The summed E-state index contributed by atoms with van der Waals surface area (Å²) in [5, 5.41) is 6.78. The molecule has 0 amide bonds. The Labute approximate surface area is 212 Å². The zero-order valence-electron chi connectivity index (χ0n) is 20.1. The van der Waals surface area contributed by atoms with Crippen LogP contribution in [0.15, 0.2) is 42.7 Å². The number of anilines is 2. The molecule has 0 radical (unpaired) electrons. The molecule has 1 aliphatic carbocycles. The van der Waals surface area contributed by atoms with Gasteiger partial charge >= 0.3 is 0 Å². The number of aromatic nitrogens is 3. The fourth-order valence-electron chi connectivity index (χ4n) is 5.13. The van der Waals surface area contributed by atoms with Gasteiger partial charge in [-0.05, 0) is 31.0 Å². The quantitative estimate of drug-likeness (QED) is 0.408. The molecule has 3 N–H and O–H groups in total. The molecular formula is C25H31N7O3S. The number of rotatable bonds is 7. The number of pyridine rings is 1. The van der Waals surface area contributed by atoms with Crippen LogP contribution in [0.1, 0.15) is 12.8 Å². The van der Waals surface area contributed by atoms with Crippen molar-refractivity contribution in [1.82, 2.24) is 25.2 Å². The van der Waals surface area contributed by atoms with Crippen molar-refractivity contribution in [3.05, 3.63) is 42.7 Å². The van der Waals surface area contributed by atoms with E-state index in [0.717, 1.165) is 80.1 Å². The predicted molar refractivity (Wildman–Crippen MR) is 140 cm³/mol. The van der Waals surface area contributed by atoms with Crippen LogP contribution in [0.3, 0.4) is 0 Å². The SMILES string of the molecule is O=S(O)C1(N2CCN(c3ccc(-c4cc5nccnc5c(NC[C@@H]5CNCCO5)n4)cc3)CC2)CC1. The second kappa shape index (κ2) is 9.98. The molecule has 1 aromatic carbocycles. The minimum atomic E-state index is -1.78. The van der Waals surface area contributed by atoms with E-state index < -0.39 is 16.0 Å². The maximum absolute atomic E-state index is 11.8. The van der Waals surface area contributed by atoms with Gasteiger partial charge in [-0.2, -0.15) is 0 Å². The first-order chi connectivity index (χ1) is 17.6. The van der Waals surface area contributed by atoms with Crippen LogP contribution in [-0.2, 0) is 15.8 Å². The minimum absolute atomic E-state index is 0.0860. The van der Waals surface area contributed by atoms with Gasteiger partial charge in [0.25, 0.3) is 0 Å². The predicted octanol–water partition coefficient (Wildman–Crippen LogP) is 1.93. The van der Waals surface area contributed by atoms with Crippen molar-refractivity contribution < 1.29 is 13.5 Å². The zero-order valence-corrected chi connectivity index (χ0v) is 20.9. The molecule has 3 aliphatic rings. The first-order valence-corrected chi connectivity index (χ1v) is 13.6. The molecule has 0 bridgehead atoms. The van der Waals surface area contributed by atoms with E-state index in [1.165, 1.54) is 0 Å². The van der Waals surface area contributed by atoms with Gasteiger partial charge in [-0.25, -0.2) is 14.2 Å². The topological polar surface area (TPSA) is 116 Å². The lowest BCUT2D eigenvalue weighted by molar-refractivity contribution is 0.0372. The Balaban J connectivity index is 1.17. The molecule has 6 rings (SSSR count). The van der Waals surface area contributed by atoms with E-state index in [4.69, 9.17) is 9.72 Å². The van der Waals surface area contributed by atoms with Crippen molar-refractivity contribution in [3.63, 3.8) is 0 Å². The lowest BCUT2D eigenvalue weighted by Crippen LogP contribution is -2.52. The smallest absolute Gasteiger partial charge is 0.174 e. The number of benzene rings is 1. The molecule has 4 heterocycles. The Hall–Kier alpha value is -2.70. The number of hydrogen-bond donors (Lipinski definition) is 3. The van der Waals surface area contributed by atoms with Crippen molar-refractivity contribution in [1.29, 1.82) is 0 Å². The number of morpholine rings is 1. The standard InChI is InChI=1S/C25H31N7O3S/c33-36(34)25(5-6-25)32-12-10-31(11-13-32)19-3-1-18(2-4-19)21-15-22-23(28-8-7-27-22)24(30-21)29-17-20-16-26-9-14-35-20/h1-4,7-8,15,20,26H,5-6,9-14,16-17H2,(H,29,30)(H,33,34)/t20-/m0/s1. The molecule has 2 aromatic heterocycles. The normalized spacial score (nSPS) is 22.9. The molecule has 0 spiro atoms. The van der Waals surface area contributed by atoms with Gasteiger partial charge in [0.15, 0.2) is 16.9 Å². The second-order valence-corrected chi connectivity index (χ2v) is 10.8. The first kappa shape index (κ1) is 23.7. The number of nitrogens with one attached hydrogen (secondary N) is 2. The van der Waals surface area contributed by atoms with E-state index in [1.54, 1.807) is 12.4 Å². The van der Waals surface area contributed by atoms with Gasteiger partial charge in [-0.3, -0.25) is 9.88 Å². The number of fused-ring (bicyclic) bond motifs is 1. The lowest BCUT2D eigenvalue weighted by Gasteiger charge is -2.39. The molecular weight excluding hydrogens is 478 g/mol. The maximum atomic E-state index is 11.8. The number of nitrogens with zero attached hydrogens (tertiary/aromatic N) is 5. The Kier molecular flexibility index (Phi) is 6.57. The van der Waals surface area contributed by atoms with E-state index in [9.17, 15) is 8.76 Å². The molecule has 10 nitrogen and oxygen atoms in total. The van der Waals surface area contributed by atoms with Gasteiger partial charge in [0.2, 0.25) is 0 Å². The fourth-order valence-corrected chi connectivity index (χ4v) is 5.98. The summed E-state index contributed by atoms with van der Waals surface area (Å²) in [6, 6.07) is 10.4. The van der Waals surface area contributed by atoms with Gasteiger partial charge in [-0.1, -0.05) is 12.1 Å². The molecule has 2 atom stereocenters. The van der Waals surface area contributed by atoms with E-state index in [0.29, 0.717) is 19.0 Å². The molecule has 2 saturated heterocycles. The Bertz CT molecular complexity index is 1240. The number of piperazine rings is 1. The van der Waals surface area contributed by atoms with Crippen molar-refractivity contribution in [3.8, 4) is 11.3 Å². The fraction of sp³-hybridized carbons (Fsp3) is 0.480. The van der Waals surface area contributed by atoms with Crippen LogP contribution in [0.25, 0.3) is 22.3 Å². The van der Waals surface area contributed by atoms with E-state index in [2.05, 4.69) is 54.7 Å². The highest BCUT2D eigenvalue weighted by Crippen LogP contribution is 2.44. The minimum Gasteiger partial charge on any atom is -0.374 e. The third-order valence-corrected chi connectivity index (χ3v) is 8.66. The average molecular weight is 510 g/mol. The van der Waals surface area contributed by atoms with Crippen molar-refractivity contribution in [2.45, 2.75) is 23.8 Å². The van der Waals surface area contributed by atoms with Gasteiger partial charge in [0, 0.05) is 69.5 Å². The largest absolute Gasteiger partial charge is 0.374 e. The summed E-state index contributed by atoms with van der Waals surface area (Å²) in [5.74, 6) is 0.709. The zero-order chi connectivity index (χ0) is 24.5. The molecule has 1 saturated carbocycles. The van der Waals surface area contributed by atoms with E-state index in [-0.39, 0.29) is 6.10 Å². The van der Waals surface area contributed by atoms with Crippen molar-refractivity contribution >= 4 is 33.6 Å². The Morgan fingerprint density at radius 2 is 1.92 bits per heavy atom. The van der Waals surface area contributed by atoms with Crippen LogP contribution >= 0.6 is 0 Å². The van der Waals surface area contributed by atoms with Crippen LogP contribution in [0, 0.1) is 0 Å². The van der Waals surface area contributed by atoms with Crippen LogP contribution in [-0.4, -0.2) is 92.0 Å². The molecule has 2 aliphatic heterocycles. The molecule has 3 fully saturated rings. The highest BCUT2D eigenvalue weighted by Gasteiger charge is 2.54. The molecule has 3 aromatic rings. The van der Waals surface area contributed by atoms with Gasteiger partial charge in [0.1, 0.15) is 10.4 Å². The summed E-state index contributed by atoms with van der Waals surface area (Å²) < 4.78 is 27.3. The monoisotopic (exact) mass is 509 g/mol. The van der Waals surface area contributed by atoms with Crippen LogP contribution in [0.2, 0.25) is 0 Å². The highest BCUT2D eigenvalue weighted by molar-refractivity contribution is 7.81. The van der Waals surface area contributed by atoms with Gasteiger partial charge < -0.3 is 24.8 Å². The number of hydrogen-bond acceptors (Lipinski definition) is 9. The molecule has 11 heteroatoms. The summed E-state index contributed by atoms with van der Waals surface area (Å²) >= 11 is -1.78. The van der Waals surface area contributed by atoms with Crippen molar-refractivity contribution in [2.75, 3.05) is 62.6 Å². The third kappa shape index (κ3) is 4.69. The van der Waals surface area contributed by atoms with Gasteiger partial charge in [0.05, 0.1) is 23.9 Å². The molecule has 190 valence electrons. The average Bonchev–Trinajstić information content (AvgIpc) is 3.75.